The van der Waals surface area contributed by atoms with Crippen LogP contribution in [-0.4, -0.2) is 26.4 Å². The van der Waals surface area contributed by atoms with E-state index >= 15 is 0 Å². The number of benzene rings is 1. The average molecular weight is 434 g/mol. The number of anilines is 1. The first-order chi connectivity index (χ1) is 14.2. The summed E-state index contributed by atoms with van der Waals surface area (Å²) >= 11 is 1.08. The molecule has 1 aliphatic heterocycles. The van der Waals surface area contributed by atoms with Crippen LogP contribution in [-0.2, 0) is 22.3 Å². The first-order valence-electron chi connectivity index (χ1n) is 9.09. The monoisotopic (exact) mass is 434 g/mol. The molecule has 6 nitrogen and oxygen atoms in total. The van der Waals surface area contributed by atoms with Gasteiger partial charge in [-0.05, 0) is 42.8 Å². The zero-order chi connectivity index (χ0) is 21.5. The molecule has 4 rings (SSSR count). The second-order valence-corrected chi connectivity index (χ2v) is 8.23. The molecule has 0 radical (unpaired) electrons. The highest BCUT2D eigenvalue weighted by atomic mass is 32.2. The Hall–Kier alpha value is -3.01. The Morgan fingerprint density at radius 2 is 2.10 bits per heavy atom. The summed E-state index contributed by atoms with van der Waals surface area (Å²) in [6.45, 7) is 2.18. The van der Waals surface area contributed by atoms with Gasteiger partial charge in [0.25, 0.3) is 0 Å². The summed E-state index contributed by atoms with van der Waals surface area (Å²) in [4.78, 5) is 29.5. The smallest absolute Gasteiger partial charge is 0.350 e. The maximum Gasteiger partial charge on any atom is 0.416 e. The Labute approximate surface area is 173 Å². The summed E-state index contributed by atoms with van der Waals surface area (Å²) in [5.74, 6) is -0.837. The molecule has 156 valence electrons. The van der Waals surface area contributed by atoms with Gasteiger partial charge in [0, 0.05) is 23.7 Å². The van der Waals surface area contributed by atoms with E-state index in [1.54, 1.807) is 0 Å². The molecule has 10 heteroatoms. The molecule has 0 aliphatic carbocycles. The lowest BCUT2D eigenvalue weighted by Crippen LogP contribution is -2.34. The number of aryl methyl sites for hydroxylation is 1. The van der Waals surface area contributed by atoms with Crippen molar-refractivity contribution in [1.82, 2.24) is 14.7 Å². The molecule has 30 heavy (non-hydrogen) atoms. The van der Waals surface area contributed by atoms with Gasteiger partial charge in [-0.1, -0.05) is 0 Å². The topological polar surface area (TPSA) is 75.5 Å². The Balaban J connectivity index is 1.38. The van der Waals surface area contributed by atoms with E-state index in [4.69, 9.17) is 0 Å². The number of aromatic nitrogens is 2. The van der Waals surface area contributed by atoms with E-state index in [-0.39, 0.29) is 24.6 Å². The molecule has 1 aromatic carbocycles. The van der Waals surface area contributed by atoms with Crippen LogP contribution < -0.4 is 10.6 Å². The van der Waals surface area contributed by atoms with E-state index in [0.717, 1.165) is 35.1 Å². The lowest BCUT2D eigenvalue weighted by Gasteiger charge is -2.24. The van der Waals surface area contributed by atoms with E-state index in [9.17, 15) is 22.8 Å². The average Bonchev–Trinajstić information content (AvgIpc) is 3.08. The van der Waals surface area contributed by atoms with Crippen molar-refractivity contribution in [2.75, 3.05) is 5.32 Å². The van der Waals surface area contributed by atoms with Gasteiger partial charge >= 0.3 is 6.18 Å². The summed E-state index contributed by atoms with van der Waals surface area (Å²) < 4.78 is 40.4. The van der Waals surface area contributed by atoms with Gasteiger partial charge < -0.3 is 15.0 Å². The van der Waals surface area contributed by atoms with Crippen LogP contribution in [0.2, 0.25) is 0 Å². The largest absolute Gasteiger partial charge is 0.416 e. The second-order valence-electron chi connectivity index (χ2n) is 6.99. The number of hydrogen-bond acceptors (Lipinski definition) is 4. The van der Waals surface area contributed by atoms with Crippen molar-refractivity contribution in [3.63, 3.8) is 0 Å². The lowest BCUT2D eigenvalue weighted by atomic mass is 10.1. The van der Waals surface area contributed by atoms with E-state index in [2.05, 4.69) is 15.6 Å². The number of rotatable bonds is 4. The number of amides is 2. The zero-order valence-corrected chi connectivity index (χ0v) is 16.6. The van der Waals surface area contributed by atoms with Crippen molar-refractivity contribution >= 4 is 34.9 Å². The van der Waals surface area contributed by atoms with Crippen molar-refractivity contribution in [3.05, 3.63) is 59.5 Å². The third-order valence-electron chi connectivity index (χ3n) is 4.63. The van der Waals surface area contributed by atoms with Gasteiger partial charge in [-0.15, -0.1) is 11.8 Å². The SMILES string of the molecule is Cc1ccn2cc(CNC(=O)C[C@@H]3Sc4ccc(C(F)(F)F)cc4NC3=O)nc2c1. The van der Waals surface area contributed by atoms with Gasteiger partial charge in [0.1, 0.15) is 5.65 Å². The minimum Gasteiger partial charge on any atom is -0.350 e. The third kappa shape index (κ3) is 4.28. The van der Waals surface area contributed by atoms with E-state index in [1.807, 2.05) is 35.9 Å². The highest BCUT2D eigenvalue weighted by Gasteiger charge is 2.34. The first kappa shape index (κ1) is 20.3. The fraction of sp³-hybridized carbons (Fsp3) is 0.250. The number of thioether (sulfide) groups is 1. The molecule has 0 fully saturated rings. The Kier molecular flexibility index (Phi) is 5.19. The van der Waals surface area contributed by atoms with E-state index in [1.165, 1.54) is 6.07 Å². The highest BCUT2D eigenvalue weighted by Crippen LogP contribution is 2.40. The van der Waals surface area contributed by atoms with Crippen molar-refractivity contribution < 1.29 is 22.8 Å². The fourth-order valence-corrected chi connectivity index (χ4v) is 4.20. The van der Waals surface area contributed by atoms with Crippen LogP contribution in [0.5, 0.6) is 0 Å². The number of alkyl halides is 3. The van der Waals surface area contributed by atoms with Crippen molar-refractivity contribution in [3.8, 4) is 0 Å². The molecule has 2 N–H and O–H groups in total. The number of nitrogens with zero attached hydrogens (tertiary/aromatic N) is 2. The molecule has 0 spiro atoms. The Morgan fingerprint density at radius 3 is 2.87 bits per heavy atom. The summed E-state index contributed by atoms with van der Waals surface area (Å²) in [6, 6.07) is 7.06. The maximum absolute atomic E-state index is 12.8. The van der Waals surface area contributed by atoms with E-state index < -0.39 is 22.9 Å². The second kappa shape index (κ2) is 7.67. The van der Waals surface area contributed by atoms with Crippen LogP contribution in [0.3, 0.4) is 0 Å². The summed E-state index contributed by atoms with van der Waals surface area (Å²) in [5.41, 5.74) is 1.81. The van der Waals surface area contributed by atoms with Gasteiger partial charge in [-0.3, -0.25) is 9.59 Å². The van der Waals surface area contributed by atoms with Gasteiger partial charge in [0.15, 0.2) is 0 Å². The number of nitrogens with one attached hydrogen (secondary N) is 2. The van der Waals surface area contributed by atoms with Crippen LogP contribution in [0.4, 0.5) is 18.9 Å². The quantitative estimate of drug-likeness (QED) is 0.655. The summed E-state index contributed by atoms with van der Waals surface area (Å²) in [5, 5.41) is 4.48. The van der Waals surface area contributed by atoms with E-state index in [0.29, 0.717) is 10.6 Å². The molecule has 3 aromatic rings. The molecule has 0 saturated heterocycles. The minimum absolute atomic E-state index is 0.0938. The van der Waals surface area contributed by atoms with Gasteiger partial charge in [0.05, 0.1) is 28.7 Å². The van der Waals surface area contributed by atoms with Crippen LogP contribution in [0.25, 0.3) is 5.65 Å². The molecule has 3 heterocycles. The van der Waals surface area contributed by atoms with Crippen LogP contribution in [0, 0.1) is 6.92 Å². The van der Waals surface area contributed by atoms with Crippen LogP contribution in [0.1, 0.15) is 23.2 Å². The normalized spacial score (nSPS) is 16.3. The number of fused-ring (bicyclic) bond motifs is 2. The zero-order valence-electron chi connectivity index (χ0n) is 15.8. The molecular formula is C20H17F3N4O2S. The molecule has 0 saturated carbocycles. The Bertz CT molecular complexity index is 1140. The number of imidazole rings is 1. The minimum atomic E-state index is -4.49. The van der Waals surface area contributed by atoms with Crippen LogP contribution >= 0.6 is 11.8 Å². The molecule has 2 aromatic heterocycles. The molecule has 1 atom stereocenters. The maximum atomic E-state index is 12.8. The first-order valence-corrected chi connectivity index (χ1v) is 9.97. The van der Waals surface area contributed by atoms with Gasteiger partial charge in [-0.2, -0.15) is 13.2 Å². The Morgan fingerprint density at radius 1 is 1.30 bits per heavy atom. The molecule has 0 bridgehead atoms. The molecule has 1 aliphatic rings. The van der Waals surface area contributed by atoms with Crippen molar-refractivity contribution in [2.24, 2.45) is 0 Å². The number of carbonyl (C=O) groups excluding carboxylic acids is 2. The number of hydrogen-bond donors (Lipinski definition) is 2. The number of carbonyl (C=O) groups is 2. The predicted octanol–water partition coefficient (Wildman–Crippen LogP) is 3.78. The molecule has 2 amide bonds. The fourth-order valence-electron chi connectivity index (χ4n) is 3.11. The van der Waals surface area contributed by atoms with Crippen molar-refractivity contribution in [2.45, 2.75) is 36.2 Å². The number of halogens is 3. The lowest BCUT2D eigenvalue weighted by molar-refractivity contribution is -0.137. The molecule has 0 unspecified atom stereocenters. The molecular weight excluding hydrogens is 417 g/mol. The number of pyridine rings is 1. The standard InChI is InChI=1S/C20H17F3N4O2S/c1-11-4-5-27-10-13(25-17(27)6-11)9-24-18(28)8-16-19(29)26-14-7-12(20(21,22)23)2-3-15(14)30-16/h2-7,10,16H,8-9H2,1H3,(H,24,28)(H,26,29)/t16-/m0/s1. The van der Waals surface area contributed by atoms with Gasteiger partial charge in [0.2, 0.25) is 11.8 Å². The summed E-state index contributed by atoms with van der Waals surface area (Å²) in [7, 11) is 0. The van der Waals surface area contributed by atoms with Gasteiger partial charge in [-0.25, -0.2) is 4.98 Å². The predicted molar refractivity (Wildman–Crippen MR) is 106 cm³/mol. The van der Waals surface area contributed by atoms with Crippen molar-refractivity contribution in [1.29, 1.82) is 0 Å². The third-order valence-corrected chi connectivity index (χ3v) is 5.90. The van der Waals surface area contributed by atoms with Crippen LogP contribution in [0.15, 0.2) is 47.6 Å². The highest BCUT2D eigenvalue weighted by molar-refractivity contribution is 8.01. The summed E-state index contributed by atoms with van der Waals surface area (Å²) in [6.07, 6.45) is -0.888.